The van der Waals surface area contributed by atoms with Crippen LogP contribution in [0.25, 0.3) is 0 Å². The zero-order valence-electron chi connectivity index (χ0n) is 8.13. The lowest BCUT2D eigenvalue weighted by molar-refractivity contribution is -0.217. The number of alkyl halides is 3. The van der Waals surface area contributed by atoms with Crippen molar-refractivity contribution < 1.29 is 17.9 Å². The number of nitrogens with one attached hydrogen (secondary N) is 1. The van der Waals surface area contributed by atoms with E-state index in [4.69, 9.17) is 0 Å². The van der Waals surface area contributed by atoms with Crippen molar-refractivity contribution in [3.05, 3.63) is 5.69 Å². The molecule has 1 unspecified atom stereocenters. The molecule has 1 aromatic heterocycles. The number of hydrogen-bond donors (Lipinski definition) is 1. The minimum absolute atomic E-state index is 0.201. The maximum atomic E-state index is 12.1. The highest BCUT2D eigenvalue weighted by Crippen LogP contribution is 2.24. The maximum absolute atomic E-state index is 12.1. The summed E-state index contributed by atoms with van der Waals surface area (Å²) in [5, 5.41) is 7.04. The van der Waals surface area contributed by atoms with E-state index in [2.05, 4.69) is 19.6 Å². The number of nitrogens with zero attached hydrogens (tertiary/aromatic N) is 2. The second-order valence-electron chi connectivity index (χ2n) is 2.79. The average Bonchev–Trinajstić information content (AvgIpc) is 2.59. The zero-order chi connectivity index (χ0) is 11.5. The molecule has 0 aromatic carbocycles. The van der Waals surface area contributed by atoms with Gasteiger partial charge in [-0.05, 0) is 6.92 Å². The van der Waals surface area contributed by atoms with Crippen LogP contribution in [0.15, 0.2) is 0 Å². The molecular formula is C7H10F3N3OS. The Hall–Kier alpha value is -0.890. The minimum atomic E-state index is -4.34. The number of aromatic nitrogens is 2. The molecule has 1 atom stereocenters. The van der Waals surface area contributed by atoms with Gasteiger partial charge in [0.1, 0.15) is 10.7 Å². The molecule has 0 saturated carbocycles. The van der Waals surface area contributed by atoms with Crippen LogP contribution in [0, 0.1) is 0 Å². The van der Waals surface area contributed by atoms with Crippen molar-refractivity contribution in [2.45, 2.75) is 25.8 Å². The van der Waals surface area contributed by atoms with E-state index < -0.39 is 12.3 Å². The van der Waals surface area contributed by atoms with Crippen molar-refractivity contribution >= 4 is 16.5 Å². The molecule has 0 spiro atoms. The molecule has 4 nitrogen and oxygen atoms in total. The molecule has 0 radical (unpaired) electrons. The molecule has 1 aromatic rings. The summed E-state index contributed by atoms with van der Waals surface area (Å²) in [4.78, 5) is 0. The SMILES string of the molecule is CNc1snnc1COC(C)C(F)(F)F. The molecule has 0 aliphatic heterocycles. The lowest BCUT2D eigenvalue weighted by atomic mass is 10.4. The van der Waals surface area contributed by atoms with Gasteiger partial charge in [-0.15, -0.1) is 5.10 Å². The van der Waals surface area contributed by atoms with Crippen molar-refractivity contribution in [3.8, 4) is 0 Å². The fourth-order valence-corrected chi connectivity index (χ4v) is 1.31. The maximum Gasteiger partial charge on any atom is 0.414 e. The van der Waals surface area contributed by atoms with Crippen LogP contribution in [0.5, 0.6) is 0 Å². The van der Waals surface area contributed by atoms with Crippen LogP contribution in [-0.4, -0.2) is 28.9 Å². The number of ether oxygens (including phenoxy) is 1. The second-order valence-corrected chi connectivity index (χ2v) is 3.55. The molecule has 0 bridgehead atoms. The topological polar surface area (TPSA) is 47.0 Å². The summed E-state index contributed by atoms with van der Waals surface area (Å²) in [7, 11) is 1.64. The molecule has 8 heteroatoms. The largest absolute Gasteiger partial charge is 0.414 e. The van der Waals surface area contributed by atoms with E-state index in [0.29, 0.717) is 10.7 Å². The Morgan fingerprint density at radius 3 is 2.73 bits per heavy atom. The lowest BCUT2D eigenvalue weighted by Gasteiger charge is -2.15. The standard InChI is InChI=1S/C7H10F3N3OS/c1-4(7(8,9)10)14-3-5-6(11-2)15-13-12-5/h4,11H,3H2,1-2H3. The van der Waals surface area contributed by atoms with Gasteiger partial charge in [-0.3, -0.25) is 0 Å². The van der Waals surface area contributed by atoms with E-state index in [9.17, 15) is 13.2 Å². The van der Waals surface area contributed by atoms with Gasteiger partial charge in [-0.2, -0.15) is 13.2 Å². The third-order valence-corrected chi connectivity index (χ3v) is 2.50. The summed E-state index contributed by atoms with van der Waals surface area (Å²) < 4.78 is 44.5. The number of halogens is 3. The smallest absolute Gasteiger partial charge is 0.377 e. The third kappa shape index (κ3) is 3.31. The van der Waals surface area contributed by atoms with Crippen LogP contribution in [0.3, 0.4) is 0 Å². The summed E-state index contributed by atoms with van der Waals surface area (Å²) in [5.74, 6) is 0. The molecule has 0 fully saturated rings. The van der Waals surface area contributed by atoms with Crippen LogP contribution < -0.4 is 5.32 Å². The quantitative estimate of drug-likeness (QED) is 0.876. The van der Waals surface area contributed by atoms with Crippen molar-refractivity contribution in [3.63, 3.8) is 0 Å². The Labute approximate surface area is 88.6 Å². The molecule has 0 aliphatic rings. The average molecular weight is 241 g/mol. The molecule has 86 valence electrons. The fourth-order valence-electron chi connectivity index (χ4n) is 0.791. The molecule has 15 heavy (non-hydrogen) atoms. The van der Waals surface area contributed by atoms with Gasteiger partial charge < -0.3 is 10.1 Å². The Morgan fingerprint density at radius 1 is 1.53 bits per heavy atom. The molecule has 1 rings (SSSR count). The Balaban J connectivity index is 2.50. The molecule has 1 heterocycles. The summed E-state index contributed by atoms with van der Waals surface area (Å²) in [6.45, 7) is 0.756. The van der Waals surface area contributed by atoms with Crippen LogP contribution in [0.2, 0.25) is 0 Å². The second kappa shape index (κ2) is 4.75. The highest BCUT2D eigenvalue weighted by Gasteiger charge is 2.37. The highest BCUT2D eigenvalue weighted by atomic mass is 32.1. The Kier molecular flexibility index (Phi) is 3.86. The van der Waals surface area contributed by atoms with E-state index in [-0.39, 0.29) is 6.61 Å². The van der Waals surface area contributed by atoms with Crippen molar-refractivity contribution in [1.82, 2.24) is 9.59 Å². The first-order valence-electron chi connectivity index (χ1n) is 4.12. The minimum Gasteiger partial charge on any atom is -0.377 e. The number of rotatable bonds is 4. The zero-order valence-corrected chi connectivity index (χ0v) is 8.95. The van der Waals surface area contributed by atoms with Crippen molar-refractivity contribution in [2.24, 2.45) is 0 Å². The van der Waals surface area contributed by atoms with Crippen LogP contribution in [-0.2, 0) is 11.3 Å². The van der Waals surface area contributed by atoms with E-state index >= 15 is 0 Å². The van der Waals surface area contributed by atoms with Crippen LogP contribution >= 0.6 is 11.5 Å². The van der Waals surface area contributed by atoms with E-state index in [1.807, 2.05) is 0 Å². The van der Waals surface area contributed by atoms with Gasteiger partial charge in [-0.1, -0.05) is 4.49 Å². The summed E-state index contributed by atoms with van der Waals surface area (Å²) in [6, 6.07) is 0. The lowest BCUT2D eigenvalue weighted by Crippen LogP contribution is -2.28. The Bertz CT molecular complexity index is 315. The van der Waals surface area contributed by atoms with Gasteiger partial charge in [0.2, 0.25) is 0 Å². The number of anilines is 1. The van der Waals surface area contributed by atoms with E-state index in [1.165, 1.54) is 0 Å². The normalized spacial score (nSPS) is 13.9. The van der Waals surface area contributed by atoms with Crippen molar-refractivity contribution in [2.75, 3.05) is 12.4 Å². The third-order valence-electron chi connectivity index (χ3n) is 1.71. The molecular weight excluding hydrogens is 231 g/mol. The van der Waals surface area contributed by atoms with Gasteiger partial charge in [0.15, 0.2) is 6.10 Å². The van der Waals surface area contributed by atoms with E-state index in [0.717, 1.165) is 18.5 Å². The van der Waals surface area contributed by atoms with Gasteiger partial charge in [0.05, 0.1) is 6.61 Å². The number of hydrogen-bond acceptors (Lipinski definition) is 5. The van der Waals surface area contributed by atoms with Gasteiger partial charge >= 0.3 is 6.18 Å². The van der Waals surface area contributed by atoms with Gasteiger partial charge in [0.25, 0.3) is 0 Å². The monoisotopic (exact) mass is 241 g/mol. The highest BCUT2D eigenvalue weighted by molar-refractivity contribution is 7.10. The van der Waals surface area contributed by atoms with Gasteiger partial charge in [-0.25, -0.2) is 0 Å². The van der Waals surface area contributed by atoms with Crippen LogP contribution in [0.4, 0.5) is 18.2 Å². The summed E-state index contributed by atoms with van der Waals surface area (Å²) >= 11 is 1.08. The Morgan fingerprint density at radius 2 is 2.20 bits per heavy atom. The first-order chi connectivity index (χ1) is 6.95. The molecule has 1 N–H and O–H groups in total. The fraction of sp³-hybridized carbons (Fsp3) is 0.714. The van der Waals surface area contributed by atoms with Gasteiger partial charge in [0, 0.05) is 18.6 Å². The molecule has 0 amide bonds. The predicted molar refractivity (Wildman–Crippen MR) is 49.8 cm³/mol. The summed E-state index contributed by atoms with van der Waals surface area (Å²) in [5.41, 5.74) is 0.388. The van der Waals surface area contributed by atoms with E-state index in [1.54, 1.807) is 7.05 Å². The van der Waals surface area contributed by atoms with Crippen LogP contribution in [0.1, 0.15) is 12.6 Å². The van der Waals surface area contributed by atoms with Crippen molar-refractivity contribution in [1.29, 1.82) is 0 Å². The first kappa shape index (κ1) is 12.2. The summed E-state index contributed by atoms with van der Waals surface area (Å²) in [6.07, 6.45) is -6.15. The predicted octanol–water partition coefficient (Wildman–Crippen LogP) is 2.05. The first-order valence-corrected chi connectivity index (χ1v) is 4.89. The molecule has 0 aliphatic carbocycles. The molecule has 0 saturated heterocycles.